The lowest BCUT2D eigenvalue weighted by molar-refractivity contribution is -0.118. The van der Waals surface area contributed by atoms with E-state index < -0.39 is 0 Å². The smallest absolute Gasteiger partial charge is 0.231 e. The molecule has 78 valence electrons. The van der Waals surface area contributed by atoms with Crippen molar-refractivity contribution in [1.82, 2.24) is 4.90 Å². The Labute approximate surface area is 92.5 Å². The fourth-order valence-electron chi connectivity index (χ4n) is 1.13. The predicted molar refractivity (Wildman–Crippen MR) is 59.7 cm³/mol. The third-order valence-corrected chi connectivity index (χ3v) is 3.09. The third kappa shape index (κ3) is 4.09. The van der Waals surface area contributed by atoms with Crippen LogP contribution in [0, 0.1) is 0 Å². The molecule has 1 amide bonds. The van der Waals surface area contributed by atoms with Crippen molar-refractivity contribution < 1.29 is 4.79 Å². The summed E-state index contributed by atoms with van der Waals surface area (Å²) in [5, 5.41) is 0. The number of carbonyl (C=O) groups excluding carboxylic acids is 1. The molecule has 0 radical (unpaired) electrons. The molecule has 0 aliphatic carbocycles. The number of likely N-dealkylation sites (N-methyl/N-ethyl adjacent to an activating group) is 1. The number of thiophene rings is 1. The van der Waals surface area contributed by atoms with Crippen molar-refractivity contribution in [2.45, 2.75) is 6.42 Å². The van der Waals surface area contributed by atoms with Crippen molar-refractivity contribution in [2.75, 3.05) is 20.1 Å². The number of primary amides is 1. The fourth-order valence-corrected chi connectivity index (χ4v) is 2.21. The van der Waals surface area contributed by atoms with Gasteiger partial charge in [0.2, 0.25) is 5.91 Å². The van der Waals surface area contributed by atoms with Crippen LogP contribution in [0.2, 0.25) is 4.34 Å². The molecule has 0 saturated carbocycles. The molecule has 0 aliphatic rings. The second kappa shape index (κ2) is 5.34. The maximum absolute atomic E-state index is 10.6. The van der Waals surface area contributed by atoms with E-state index in [2.05, 4.69) is 0 Å². The van der Waals surface area contributed by atoms with Crippen LogP contribution in [0.1, 0.15) is 4.88 Å². The van der Waals surface area contributed by atoms with Crippen LogP contribution < -0.4 is 5.73 Å². The molecule has 1 aromatic rings. The van der Waals surface area contributed by atoms with Crippen LogP contribution in [0.15, 0.2) is 12.1 Å². The van der Waals surface area contributed by atoms with Crippen LogP contribution in [0.25, 0.3) is 0 Å². The Morgan fingerprint density at radius 1 is 1.64 bits per heavy atom. The largest absolute Gasteiger partial charge is 0.369 e. The molecule has 0 aliphatic heterocycles. The Morgan fingerprint density at radius 2 is 2.36 bits per heavy atom. The Morgan fingerprint density at radius 3 is 2.86 bits per heavy atom. The van der Waals surface area contributed by atoms with Gasteiger partial charge in [0.1, 0.15) is 0 Å². The predicted octanol–water partition coefficient (Wildman–Crippen LogP) is 1.36. The number of nitrogens with zero attached hydrogens (tertiary/aromatic N) is 1. The number of rotatable bonds is 5. The fraction of sp³-hybridized carbons (Fsp3) is 0.444. The van der Waals surface area contributed by atoms with Gasteiger partial charge in [-0.1, -0.05) is 11.6 Å². The van der Waals surface area contributed by atoms with Gasteiger partial charge in [-0.2, -0.15) is 0 Å². The third-order valence-electron chi connectivity index (χ3n) is 1.79. The summed E-state index contributed by atoms with van der Waals surface area (Å²) in [6.07, 6.45) is 0.904. The molecule has 5 heteroatoms. The van der Waals surface area contributed by atoms with E-state index in [9.17, 15) is 4.79 Å². The number of halogens is 1. The van der Waals surface area contributed by atoms with Crippen LogP contribution in [0.5, 0.6) is 0 Å². The lowest BCUT2D eigenvalue weighted by Crippen LogP contribution is -2.31. The molecular formula is C9H13ClN2OS. The highest BCUT2D eigenvalue weighted by molar-refractivity contribution is 7.16. The average Bonchev–Trinajstić information content (AvgIpc) is 2.47. The highest BCUT2D eigenvalue weighted by Crippen LogP contribution is 2.21. The number of hydrogen-bond donors (Lipinski definition) is 1. The summed E-state index contributed by atoms with van der Waals surface area (Å²) in [5.41, 5.74) is 5.07. The topological polar surface area (TPSA) is 46.3 Å². The van der Waals surface area contributed by atoms with Crippen molar-refractivity contribution in [2.24, 2.45) is 5.73 Å². The molecule has 14 heavy (non-hydrogen) atoms. The SMILES string of the molecule is CN(CCc1ccc(Cl)s1)CC(N)=O. The van der Waals surface area contributed by atoms with Gasteiger partial charge in [0.05, 0.1) is 10.9 Å². The van der Waals surface area contributed by atoms with Gasteiger partial charge in [-0.3, -0.25) is 9.69 Å². The maximum Gasteiger partial charge on any atom is 0.231 e. The van der Waals surface area contributed by atoms with E-state index in [1.165, 1.54) is 4.88 Å². The van der Waals surface area contributed by atoms with Gasteiger partial charge in [-0.15, -0.1) is 11.3 Å². The molecule has 0 fully saturated rings. The number of carbonyl (C=O) groups is 1. The van der Waals surface area contributed by atoms with Crippen LogP contribution in [0.4, 0.5) is 0 Å². The zero-order chi connectivity index (χ0) is 10.6. The van der Waals surface area contributed by atoms with Crippen LogP contribution in [-0.2, 0) is 11.2 Å². The summed E-state index contributed by atoms with van der Waals surface area (Å²) >= 11 is 7.36. The van der Waals surface area contributed by atoms with Crippen molar-refractivity contribution in [3.63, 3.8) is 0 Å². The normalized spacial score (nSPS) is 10.8. The summed E-state index contributed by atoms with van der Waals surface area (Å²) in [4.78, 5) is 13.7. The van der Waals surface area contributed by atoms with Crippen LogP contribution >= 0.6 is 22.9 Å². The van der Waals surface area contributed by atoms with Crippen molar-refractivity contribution in [3.05, 3.63) is 21.3 Å². The molecule has 1 rings (SSSR count). The van der Waals surface area contributed by atoms with E-state index >= 15 is 0 Å². The Balaban J connectivity index is 2.30. The lowest BCUT2D eigenvalue weighted by Gasteiger charge is -2.12. The molecule has 1 aromatic heterocycles. The second-order valence-corrected chi connectivity index (χ2v) is 4.96. The number of amides is 1. The molecule has 0 bridgehead atoms. The van der Waals surface area contributed by atoms with Gasteiger partial charge in [0.15, 0.2) is 0 Å². The Bertz CT molecular complexity index is 314. The van der Waals surface area contributed by atoms with Gasteiger partial charge in [0.25, 0.3) is 0 Å². The molecule has 3 nitrogen and oxygen atoms in total. The summed E-state index contributed by atoms with van der Waals surface area (Å²) in [5.74, 6) is -0.295. The van der Waals surface area contributed by atoms with Crippen molar-refractivity contribution in [1.29, 1.82) is 0 Å². The molecule has 0 aromatic carbocycles. The van der Waals surface area contributed by atoms with Gasteiger partial charge >= 0.3 is 0 Å². The van der Waals surface area contributed by atoms with Crippen molar-refractivity contribution in [3.8, 4) is 0 Å². The van der Waals surface area contributed by atoms with Crippen LogP contribution in [-0.4, -0.2) is 30.9 Å². The quantitative estimate of drug-likeness (QED) is 0.834. The Kier molecular flexibility index (Phi) is 4.38. The van der Waals surface area contributed by atoms with Gasteiger partial charge in [0, 0.05) is 11.4 Å². The minimum Gasteiger partial charge on any atom is -0.369 e. The zero-order valence-electron chi connectivity index (χ0n) is 8.00. The first-order valence-corrected chi connectivity index (χ1v) is 5.48. The first-order chi connectivity index (χ1) is 6.58. The summed E-state index contributed by atoms with van der Waals surface area (Å²) < 4.78 is 0.803. The summed E-state index contributed by atoms with van der Waals surface area (Å²) in [6, 6.07) is 3.89. The van der Waals surface area contributed by atoms with E-state index in [-0.39, 0.29) is 5.91 Å². The highest BCUT2D eigenvalue weighted by Gasteiger charge is 2.03. The van der Waals surface area contributed by atoms with Gasteiger partial charge in [-0.25, -0.2) is 0 Å². The second-order valence-electron chi connectivity index (χ2n) is 3.16. The maximum atomic E-state index is 10.6. The molecule has 0 saturated heterocycles. The van der Waals surface area contributed by atoms with E-state index in [4.69, 9.17) is 17.3 Å². The van der Waals surface area contributed by atoms with Crippen molar-refractivity contribution >= 4 is 28.8 Å². The van der Waals surface area contributed by atoms with E-state index in [1.807, 2.05) is 24.1 Å². The van der Waals surface area contributed by atoms with E-state index in [0.29, 0.717) is 6.54 Å². The van der Waals surface area contributed by atoms with E-state index in [1.54, 1.807) is 11.3 Å². The molecule has 0 atom stereocenters. The zero-order valence-corrected chi connectivity index (χ0v) is 9.57. The molecule has 0 unspecified atom stereocenters. The molecular weight excluding hydrogens is 220 g/mol. The minimum absolute atomic E-state index is 0.295. The lowest BCUT2D eigenvalue weighted by atomic mass is 10.3. The minimum atomic E-state index is -0.295. The van der Waals surface area contributed by atoms with Gasteiger partial charge < -0.3 is 5.73 Å². The Hall–Kier alpha value is -0.580. The highest BCUT2D eigenvalue weighted by atomic mass is 35.5. The number of nitrogens with two attached hydrogens (primary N) is 1. The molecule has 1 heterocycles. The molecule has 2 N–H and O–H groups in total. The standard InChI is InChI=1S/C9H13ClN2OS/c1-12(6-9(11)13)5-4-7-2-3-8(10)14-7/h2-3H,4-6H2,1H3,(H2,11,13). The first-order valence-electron chi connectivity index (χ1n) is 4.29. The monoisotopic (exact) mass is 232 g/mol. The summed E-state index contributed by atoms with van der Waals surface area (Å²) in [6.45, 7) is 1.12. The number of hydrogen-bond acceptors (Lipinski definition) is 3. The average molecular weight is 233 g/mol. The van der Waals surface area contributed by atoms with Gasteiger partial charge in [-0.05, 0) is 25.6 Å². The summed E-state index contributed by atoms with van der Waals surface area (Å²) in [7, 11) is 1.87. The first kappa shape index (κ1) is 11.5. The van der Waals surface area contributed by atoms with Crippen LogP contribution in [0.3, 0.4) is 0 Å². The van der Waals surface area contributed by atoms with E-state index in [0.717, 1.165) is 17.3 Å². The molecule has 0 spiro atoms.